The molecule has 1 aromatic heterocycles. The van der Waals surface area contributed by atoms with Crippen LogP contribution in [0.1, 0.15) is 10.4 Å². The van der Waals surface area contributed by atoms with Crippen molar-refractivity contribution in [1.29, 1.82) is 0 Å². The molecule has 2 aromatic rings. The first-order valence-corrected chi connectivity index (χ1v) is 9.00. The van der Waals surface area contributed by atoms with Crippen LogP contribution < -0.4 is 10.5 Å². The number of rotatable bonds is 5. The zero-order valence-corrected chi connectivity index (χ0v) is 14.2. The lowest BCUT2D eigenvalue weighted by Gasteiger charge is -2.06. The summed E-state index contributed by atoms with van der Waals surface area (Å²) in [4.78, 5) is 23.4. The lowest BCUT2D eigenvalue weighted by Crippen LogP contribution is -2.20. The van der Waals surface area contributed by atoms with Crippen molar-refractivity contribution >= 4 is 50.5 Å². The Hall–Kier alpha value is -2.01. The molecule has 3 N–H and O–H groups in total. The first kappa shape index (κ1) is 18.3. The fourth-order valence-corrected chi connectivity index (χ4v) is 3.31. The Morgan fingerprint density at radius 3 is 2.62 bits per heavy atom. The third-order valence-electron chi connectivity index (χ3n) is 2.63. The Kier molecular flexibility index (Phi) is 5.54. The van der Waals surface area contributed by atoms with Gasteiger partial charge >= 0.3 is 5.97 Å². The van der Waals surface area contributed by atoms with Gasteiger partial charge in [0.1, 0.15) is 10.0 Å². The number of nitrogens with two attached hydrogens (primary N) is 1. The SMILES string of the molecule is NS(=O)(=O)c1cc(C(=O)OCC(=O)Nc2ccc(F)c(Cl)c2)cs1. The molecule has 0 atom stereocenters. The summed E-state index contributed by atoms with van der Waals surface area (Å²) in [5, 5.41) is 8.38. The summed E-state index contributed by atoms with van der Waals surface area (Å²) in [5.74, 6) is -2.19. The number of sulfonamides is 1. The van der Waals surface area contributed by atoms with Gasteiger partial charge in [0.15, 0.2) is 6.61 Å². The van der Waals surface area contributed by atoms with Crippen molar-refractivity contribution in [2.45, 2.75) is 4.21 Å². The van der Waals surface area contributed by atoms with E-state index in [2.05, 4.69) is 5.32 Å². The number of hydrogen-bond acceptors (Lipinski definition) is 6. The average Bonchev–Trinajstić information content (AvgIpc) is 2.99. The highest BCUT2D eigenvalue weighted by atomic mass is 35.5. The van der Waals surface area contributed by atoms with Gasteiger partial charge in [0.2, 0.25) is 10.0 Å². The van der Waals surface area contributed by atoms with E-state index >= 15 is 0 Å². The third-order valence-corrected chi connectivity index (χ3v) is 5.31. The minimum absolute atomic E-state index is 0.0401. The minimum Gasteiger partial charge on any atom is -0.452 e. The maximum absolute atomic E-state index is 13.0. The molecule has 128 valence electrons. The number of thiophene rings is 1. The lowest BCUT2D eigenvalue weighted by atomic mass is 10.3. The molecular weight excluding hydrogens is 383 g/mol. The highest BCUT2D eigenvalue weighted by Crippen LogP contribution is 2.20. The van der Waals surface area contributed by atoms with E-state index in [4.69, 9.17) is 21.5 Å². The van der Waals surface area contributed by atoms with Gasteiger partial charge in [-0.05, 0) is 24.3 Å². The number of carbonyl (C=O) groups excluding carboxylic acids is 2. The largest absolute Gasteiger partial charge is 0.452 e. The van der Waals surface area contributed by atoms with Crippen LogP contribution in [0.5, 0.6) is 0 Å². The number of ether oxygens (including phenoxy) is 1. The van der Waals surface area contributed by atoms with Crippen molar-refractivity contribution in [3.05, 3.63) is 46.0 Å². The molecule has 0 spiro atoms. The molecule has 0 fully saturated rings. The summed E-state index contributed by atoms with van der Waals surface area (Å²) in [7, 11) is -3.91. The van der Waals surface area contributed by atoms with E-state index in [9.17, 15) is 22.4 Å². The lowest BCUT2D eigenvalue weighted by molar-refractivity contribution is -0.119. The molecule has 0 saturated carbocycles. The molecule has 2 rings (SSSR count). The van der Waals surface area contributed by atoms with Crippen molar-refractivity contribution in [1.82, 2.24) is 0 Å². The fourth-order valence-electron chi connectivity index (χ4n) is 1.56. The highest BCUT2D eigenvalue weighted by molar-refractivity contribution is 7.91. The number of primary sulfonamides is 1. The van der Waals surface area contributed by atoms with Crippen molar-refractivity contribution in [2.24, 2.45) is 5.14 Å². The summed E-state index contributed by atoms with van der Waals surface area (Å²) in [5.41, 5.74) is 0.191. The van der Waals surface area contributed by atoms with E-state index in [1.807, 2.05) is 0 Å². The molecule has 0 unspecified atom stereocenters. The van der Waals surface area contributed by atoms with Crippen LogP contribution in [0.15, 0.2) is 33.9 Å². The molecule has 1 heterocycles. The van der Waals surface area contributed by atoms with Gasteiger partial charge < -0.3 is 10.1 Å². The number of benzene rings is 1. The number of nitrogens with one attached hydrogen (secondary N) is 1. The first-order valence-electron chi connectivity index (χ1n) is 6.20. The van der Waals surface area contributed by atoms with Gasteiger partial charge in [-0.25, -0.2) is 22.7 Å². The minimum atomic E-state index is -3.91. The molecule has 1 amide bonds. The quantitative estimate of drug-likeness (QED) is 0.755. The van der Waals surface area contributed by atoms with Crippen LogP contribution in [0.25, 0.3) is 0 Å². The van der Waals surface area contributed by atoms with Crippen molar-refractivity contribution in [3.8, 4) is 0 Å². The number of halogens is 2. The Balaban J connectivity index is 1.92. The molecule has 1 aromatic carbocycles. The molecule has 0 aliphatic heterocycles. The van der Waals surface area contributed by atoms with Crippen molar-refractivity contribution < 1.29 is 27.1 Å². The maximum Gasteiger partial charge on any atom is 0.339 e. The molecule has 11 heteroatoms. The summed E-state index contributed by atoms with van der Waals surface area (Å²) < 4.78 is 39.8. The van der Waals surface area contributed by atoms with Crippen LogP contribution in [0, 0.1) is 5.82 Å². The highest BCUT2D eigenvalue weighted by Gasteiger charge is 2.17. The van der Waals surface area contributed by atoms with Crippen molar-refractivity contribution in [2.75, 3.05) is 11.9 Å². The molecule has 0 bridgehead atoms. The monoisotopic (exact) mass is 392 g/mol. The summed E-state index contributed by atoms with van der Waals surface area (Å²) >= 11 is 6.33. The predicted molar refractivity (Wildman–Crippen MR) is 86.0 cm³/mol. The van der Waals surface area contributed by atoms with Gasteiger partial charge in [-0.3, -0.25) is 4.79 Å². The smallest absolute Gasteiger partial charge is 0.339 e. The second-order valence-electron chi connectivity index (χ2n) is 4.45. The zero-order valence-electron chi connectivity index (χ0n) is 11.8. The van der Waals surface area contributed by atoms with Gasteiger partial charge in [-0.1, -0.05) is 11.6 Å². The number of hydrogen-bond donors (Lipinski definition) is 2. The Bertz CT molecular complexity index is 898. The molecule has 0 radical (unpaired) electrons. The number of anilines is 1. The van der Waals surface area contributed by atoms with Crippen LogP contribution in [0.3, 0.4) is 0 Å². The molecule has 0 aliphatic carbocycles. The summed E-state index contributed by atoms with van der Waals surface area (Å²) in [6.45, 7) is -0.617. The van der Waals surface area contributed by atoms with Gasteiger partial charge in [0.05, 0.1) is 10.6 Å². The van der Waals surface area contributed by atoms with Crippen LogP contribution >= 0.6 is 22.9 Å². The number of amides is 1. The molecule has 24 heavy (non-hydrogen) atoms. The zero-order chi connectivity index (χ0) is 17.9. The first-order chi connectivity index (χ1) is 11.2. The van der Waals surface area contributed by atoms with Crippen LogP contribution in [0.2, 0.25) is 5.02 Å². The van der Waals surface area contributed by atoms with Crippen molar-refractivity contribution in [3.63, 3.8) is 0 Å². The Labute approximate surface area is 145 Å². The molecule has 7 nitrogen and oxygen atoms in total. The second-order valence-corrected chi connectivity index (χ2v) is 7.56. The number of esters is 1. The standard InChI is InChI=1S/C13H10ClFN2O5S2/c14-9-4-8(1-2-10(9)15)17-11(18)5-22-13(19)7-3-12(23-6-7)24(16,20)21/h1-4,6H,5H2,(H,17,18)(H2,16,20,21). The average molecular weight is 393 g/mol. The van der Waals surface area contributed by atoms with Crippen LogP contribution in [-0.2, 0) is 19.6 Å². The fraction of sp³-hybridized carbons (Fsp3) is 0.0769. The number of carbonyl (C=O) groups is 2. The van der Waals surface area contributed by atoms with E-state index < -0.39 is 34.3 Å². The summed E-state index contributed by atoms with van der Waals surface area (Å²) in [6.07, 6.45) is 0. The maximum atomic E-state index is 13.0. The van der Waals surface area contributed by atoms with Gasteiger partial charge in [-0.2, -0.15) is 0 Å². The van der Waals surface area contributed by atoms with E-state index in [1.54, 1.807) is 0 Å². The van der Waals surface area contributed by atoms with Gasteiger partial charge in [0, 0.05) is 11.1 Å². The van der Waals surface area contributed by atoms with E-state index in [-0.39, 0.29) is 20.5 Å². The van der Waals surface area contributed by atoms with Gasteiger partial charge in [0.25, 0.3) is 5.91 Å². The molecular formula is C13H10ClFN2O5S2. The molecule has 0 saturated heterocycles. The van der Waals surface area contributed by atoms with E-state index in [0.717, 1.165) is 23.5 Å². The summed E-state index contributed by atoms with van der Waals surface area (Å²) in [6, 6.07) is 4.62. The normalized spacial score (nSPS) is 11.1. The Morgan fingerprint density at radius 2 is 2.04 bits per heavy atom. The molecule has 0 aliphatic rings. The topological polar surface area (TPSA) is 116 Å². The van der Waals surface area contributed by atoms with E-state index in [0.29, 0.717) is 0 Å². The van der Waals surface area contributed by atoms with E-state index in [1.165, 1.54) is 17.5 Å². The van der Waals surface area contributed by atoms with Gasteiger partial charge in [-0.15, -0.1) is 11.3 Å². The Morgan fingerprint density at radius 1 is 1.33 bits per heavy atom. The third kappa shape index (κ3) is 4.74. The predicted octanol–water partition coefficient (Wildman–Crippen LogP) is 1.98. The second kappa shape index (κ2) is 7.26. The van der Waals surface area contributed by atoms with Crippen LogP contribution in [0.4, 0.5) is 10.1 Å². The van der Waals surface area contributed by atoms with Crippen LogP contribution in [-0.4, -0.2) is 26.9 Å².